The average Bonchev–Trinajstić information content (AvgIpc) is 2.67. The molecule has 125 valence electrons. The first-order chi connectivity index (χ1) is 11.9. The lowest BCUT2D eigenvalue weighted by Crippen LogP contribution is -2.22. The Labute approximate surface area is 154 Å². The second kappa shape index (κ2) is 10.2. The Balaban J connectivity index is 0.00000225. The largest absolute Gasteiger partial charge is 0.396 e. The van der Waals surface area contributed by atoms with Crippen molar-refractivity contribution in [2.45, 2.75) is 6.42 Å². The summed E-state index contributed by atoms with van der Waals surface area (Å²) >= 11 is 0. The highest BCUT2D eigenvalue weighted by atomic mass is 31.1. The van der Waals surface area contributed by atoms with Crippen molar-refractivity contribution in [1.29, 1.82) is 0 Å². The predicted molar refractivity (Wildman–Crippen MR) is 110 cm³/mol. The van der Waals surface area contributed by atoms with Crippen molar-refractivity contribution in [1.82, 2.24) is 0 Å². The summed E-state index contributed by atoms with van der Waals surface area (Å²) in [5, 5.41) is 12.7. The van der Waals surface area contributed by atoms with Gasteiger partial charge in [0, 0.05) is 15.0 Å². The molecular formula is C22H23BOP. The molecular weight excluding hydrogens is 322 g/mol. The zero-order valence-corrected chi connectivity index (χ0v) is 15.2. The van der Waals surface area contributed by atoms with E-state index >= 15 is 0 Å². The molecule has 0 spiro atoms. The summed E-state index contributed by atoms with van der Waals surface area (Å²) in [7, 11) is -0.452. The summed E-state index contributed by atoms with van der Waals surface area (Å²) in [5.74, 6) is 0.277. The van der Waals surface area contributed by atoms with E-state index in [1.807, 2.05) is 6.07 Å². The fourth-order valence-corrected chi connectivity index (χ4v) is 5.51. The van der Waals surface area contributed by atoms with Crippen LogP contribution >= 0.6 is 7.92 Å². The van der Waals surface area contributed by atoms with E-state index in [1.165, 1.54) is 16.2 Å². The number of rotatable bonds is 7. The highest BCUT2D eigenvalue weighted by Gasteiger charge is 2.19. The molecule has 3 aromatic carbocycles. The van der Waals surface area contributed by atoms with Crippen LogP contribution in [0, 0.1) is 5.92 Å². The molecule has 0 aliphatic rings. The third kappa shape index (κ3) is 5.56. The Kier molecular flexibility index (Phi) is 7.92. The second-order valence-electron chi connectivity index (χ2n) is 6.02. The average molecular weight is 345 g/mol. The molecule has 0 bridgehead atoms. The summed E-state index contributed by atoms with van der Waals surface area (Å²) in [4.78, 5) is 0. The van der Waals surface area contributed by atoms with Gasteiger partial charge in [-0.1, -0.05) is 91.0 Å². The van der Waals surface area contributed by atoms with Crippen LogP contribution in [0.25, 0.3) is 0 Å². The van der Waals surface area contributed by atoms with E-state index in [9.17, 15) is 5.11 Å². The monoisotopic (exact) mass is 345 g/mol. The van der Waals surface area contributed by atoms with Gasteiger partial charge in [-0.25, -0.2) is 0 Å². The summed E-state index contributed by atoms with van der Waals surface area (Å²) < 4.78 is 0. The molecule has 0 aliphatic carbocycles. The Morgan fingerprint density at radius 3 is 1.56 bits per heavy atom. The maximum absolute atomic E-state index is 9.94. The summed E-state index contributed by atoms with van der Waals surface area (Å²) in [6.07, 6.45) is 1.94. The number of hydrogen-bond acceptors (Lipinski definition) is 1. The number of hydrogen-bond donors (Lipinski definition) is 1. The lowest BCUT2D eigenvalue weighted by atomic mass is 10.0. The lowest BCUT2D eigenvalue weighted by molar-refractivity contribution is 0.239. The summed E-state index contributed by atoms with van der Waals surface area (Å²) in [6.45, 7) is 0.230. The van der Waals surface area contributed by atoms with Crippen LogP contribution in [0.5, 0.6) is 0 Å². The number of aliphatic hydroxyl groups excluding tert-OH is 1. The molecule has 3 heteroatoms. The highest BCUT2D eigenvalue weighted by Crippen LogP contribution is 2.36. The van der Waals surface area contributed by atoms with Crippen molar-refractivity contribution in [3.8, 4) is 0 Å². The molecule has 0 saturated carbocycles. The predicted octanol–water partition coefficient (Wildman–Crippen LogP) is 3.59. The zero-order chi connectivity index (χ0) is 16.6. The molecule has 0 aliphatic heterocycles. The lowest BCUT2D eigenvalue weighted by Gasteiger charge is -2.24. The van der Waals surface area contributed by atoms with Gasteiger partial charge in [-0.05, 0) is 42.6 Å². The van der Waals surface area contributed by atoms with Gasteiger partial charge in [0.1, 0.15) is 0 Å². The maximum Gasteiger partial charge on any atom is 0.0466 e. The minimum atomic E-state index is -0.452. The standard InChI is InChI=1S/C22H23OP.B/c23-17-20(16-19-10-4-1-5-11-19)18-24(21-12-6-2-7-13-21)22-14-8-3-9-15-22;/h1-15,20,23H,16-18H2;/t20-;/m1./s1. The number of aliphatic hydroxyl groups is 1. The minimum Gasteiger partial charge on any atom is -0.396 e. The van der Waals surface area contributed by atoms with E-state index in [1.54, 1.807) is 0 Å². The third-order valence-electron chi connectivity index (χ3n) is 4.20. The van der Waals surface area contributed by atoms with Gasteiger partial charge in [-0.15, -0.1) is 0 Å². The fraction of sp³-hybridized carbons (Fsp3) is 0.182. The van der Waals surface area contributed by atoms with Crippen LogP contribution in [0.2, 0.25) is 0 Å². The van der Waals surface area contributed by atoms with Gasteiger partial charge < -0.3 is 5.11 Å². The van der Waals surface area contributed by atoms with E-state index in [2.05, 4.69) is 84.9 Å². The summed E-state index contributed by atoms with van der Waals surface area (Å²) in [5.41, 5.74) is 1.30. The van der Waals surface area contributed by atoms with Crippen LogP contribution in [0.3, 0.4) is 0 Å². The SMILES string of the molecule is OC[C@@H](Cc1ccccc1)CP(c1ccccc1)c1ccccc1.[B]. The second-order valence-corrected chi connectivity index (χ2v) is 8.27. The van der Waals surface area contributed by atoms with Crippen LogP contribution < -0.4 is 10.6 Å². The number of benzene rings is 3. The van der Waals surface area contributed by atoms with E-state index in [4.69, 9.17) is 0 Å². The molecule has 25 heavy (non-hydrogen) atoms. The van der Waals surface area contributed by atoms with Gasteiger partial charge in [-0.3, -0.25) is 0 Å². The Hall–Kier alpha value is -1.89. The van der Waals surface area contributed by atoms with Crippen molar-refractivity contribution >= 4 is 26.9 Å². The molecule has 3 radical (unpaired) electrons. The summed E-state index contributed by atoms with van der Waals surface area (Å²) in [6, 6.07) is 31.9. The van der Waals surface area contributed by atoms with Gasteiger partial charge in [0.25, 0.3) is 0 Å². The van der Waals surface area contributed by atoms with Crippen LogP contribution in [-0.4, -0.2) is 26.3 Å². The molecule has 1 atom stereocenters. The van der Waals surface area contributed by atoms with Crippen LogP contribution in [-0.2, 0) is 6.42 Å². The Morgan fingerprint density at radius 1 is 0.680 bits per heavy atom. The first-order valence-electron chi connectivity index (χ1n) is 8.39. The first-order valence-corrected chi connectivity index (χ1v) is 9.92. The minimum absolute atomic E-state index is 0. The zero-order valence-electron chi connectivity index (χ0n) is 14.3. The first kappa shape index (κ1) is 19.4. The Morgan fingerprint density at radius 2 is 1.12 bits per heavy atom. The molecule has 3 rings (SSSR count). The van der Waals surface area contributed by atoms with E-state index < -0.39 is 7.92 Å². The molecule has 0 amide bonds. The van der Waals surface area contributed by atoms with Crippen molar-refractivity contribution < 1.29 is 5.11 Å². The molecule has 0 fully saturated rings. The van der Waals surface area contributed by atoms with E-state index in [0.29, 0.717) is 0 Å². The molecule has 0 aromatic heterocycles. The van der Waals surface area contributed by atoms with Gasteiger partial charge >= 0.3 is 0 Å². The van der Waals surface area contributed by atoms with Crippen LogP contribution in [0.1, 0.15) is 5.56 Å². The van der Waals surface area contributed by atoms with Crippen LogP contribution in [0.15, 0.2) is 91.0 Å². The van der Waals surface area contributed by atoms with Crippen molar-refractivity contribution in [2.24, 2.45) is 5.92 Å². The van der Waals surface area contributed by atoms with Crippen molar-refractivity contribution in [2.75, 3.05) is 12.8 Å². The van der Waals surface area contributed by atoms with E-state index in [0.717, 1.165) is 12.6 Å². The van der Waals surface area contributed by atoms with Crippen molar-refractivity contribution in [3.63, 3.8) is 0 Å². The Bertz CT molecular complexity index is 679. The van der Waals surface area contributed by atoms with Gasteiger partial charge in [-0.2, -0.15) is 0 Å². The van der Waals surface area contributed by atoms with Gasteiger partial charge in [0.05, 0.1) is 0 Å². The molecule has 3 aromatic rings. The molecule has 1 N–H and O–H groups in total. The smallest absolute Gasteiger partial charge is 0.0466 e. The molecule has 0 heterocycles. The van der Waals surface area contributed by atoms with Crippen LogP contribution in [0.4, 0.5) is 0 Å². The third-order valence-corrected chi connectivity index (χ3v) is 6.93. The van der Waals surface area contributed by atoms with Gasteiger partial charge in [0.2, 0.25) is 0 Å². The van der Waals surface area contributed by atoms with Crippen molar-refractivity contribution in [3.05, 3.63) is 96.6 Å². The molecule has 0 saturated heterocycles. The quantitative estimate of drug-likeness (QED) is 0.513. The normalized spacial score (nSPS) is 11.8. The molecule has 1 nitrogen and oxygen atoms in total. The van der Waals surface area contributed by atoms with Gasteiger partial charge in [0.15, 0.2) is 0 Å². The van der Waals surface area contributed by atoms with E-state index in [-0.39, 0.29) is 20.9 Å². The maximum atomic E-state index is 9.94. The topological polar surface area (TPSA) is 20.2 Å². The molecule has 0 unspecified atom stereocenters. The highest BCUT2D eigenvalue weighted by molar-refractivity contribution is 7.73. The fourth-order valence-electron chi connectivity index (χ4n) is 2.97.